The van der Waals surface area contributed by atoms with Crippen molar-refractivity contribution in [1.82, 2.24) is 10.6 Å². The number of rotatable bonds is 13. The zero-order chi connectivity index (χ0) is 25.2. The highest BCUT2D eigenvalue weighted by molar-refractivity contribution is 5.79. The fourth-order valence-corrected chi connectivity index (χ4v) is 4.50. The number of benzene rings is 2. The van der Waals surface area contributed by atoms with Crippen LogP contribution in [0.5, 0.6) is 0 Å². The van der Waals surface area contributed by atoms with Crippen LogP contribution in [0.2, 0.25) is 0 Å². The molecule has 2 aromatic rings. The Kier molecular flexibility index (Phi) is 9.70. The zero-order valence-corrected chi connectivity index (χ0v) is 20.6. The lowest BCUT2D eigenvalue weighted by atomic mass is 9.98. The minimum absolute atomic E-state index is 0.00977. The van der Waals surface area contributed by atoms with Gasteiger partial charge in [-0.15, -0.1) is 0 Å². The van der Waals surface area contributed by atoms with Gasteiger partial charge in [0.1, 0.15) is 6.61 Å². The maximum atomic E-state index is 12.6. The fraction of sp³-hybridized carbons (Fsp3) is 0.464. The standard InChI is InChI=1S/C28H36N2O5/c1-19(2)25(17-26(31)29-16-10-4-3-5-15-27(32)33)30-28(34)35-18-24-22-13-8-6-11-20(22)21-12-7-9-14-23(21)24/h6-9,11-14,19,24-25H,3-5,10,15-18H2,1-2H3,(H,29,31)(H,30,34)(H,32,33)/t25-/m1/s1. The van der Waals surface area contributed by atoms with Crippen molar-refractivity contribution in [1.29, 1.82) is 0 Å². The van der Waals surface area contributed by atoms with Crippen LogP contribution in [-0.2, 0) is 14.3 Å². The molecule has 7 nitrogen and oxygen atoms in total. The van der Waals surface area contributed by atoms with E-state index in [9.17, 15) is 14.4 Å². The molecule has 0 radical (unpaired) electrons. The quantitative estimate of drug-likeness (QED) is 0.346. The number of hydrogen-bond donors (Lipinski definition) is 3. The summed E-state index contributed by atoms with van der Waals surface area (Å²) in [7, 11) is 0. The summed E-state index contributed by atoms with van der Waals surface area (Å²) in [4.78, 5) is 35.5. The molecule has 188 valence electrons. The molecule has 2 amide bonds. The molecule has 0 heterocycles. The first-order valence-electron chi connectivity index (χ1n) is 12.5. The van der Waals surface area contributed by atoms with Crippen molar-refractivity contribution in [2.45, 2.75) is 64.3 Å². The summed E-state index contributed by atoms with van der Waals surface area (Å²) in [5.41, 5.74) is 4.67. The summed E-state index contributed by atoms with van der Waals surface area (Å²) in [6, 6.07) is 16.1. The molecule has 0 saturated heterocycles. The first kappa shape index (κ1) is 26.3. The molecule has 0 saturated carbocycles. The number of carboxylic acid groups (broad SMARTS) is 1. The number of hydrogen-bond acceptors (Lipinski definition) is 4. The largest absolute Gasteiger partial charge is 0.481 e. The van der Waals surface area contributed by atoms with Crippen LogP contribution in [0, 0.1) is 5.92 Å². The molecule has 1 atom stereocenters. The van der Waals surface area contributed by atoms with E-state index in [0.29, 0.717) is 13.0 Å². The van der Waals surface area contributed by atoms with Gasteiger partial charge >= 0.3 is 12.1 Å². The van der Waals surface area contributed by atoms with Crippen molar-refractivity contribution < 1.29 is 24.2 Å². The van der Waals surface area contributed by atoms with E-state index in [4.69, 9.17) is 9.84 Å². The van der Waals surface area contributed by atoms with Gasteiger partial charge in [0.05, 0.1) is 0 Å². The van der Waals surface area contributed by atoms with Gasteiger partial charge in [-0.05, 0) is 41.0 Å². The van der Waals surface area contributed by atoms with Gasteiger partial charge in [-0.25, -0.2) is 4.79 Å². The molecule has 2 aromatic carbocycles. The summed E-state index contributed by atoms with van der Waals surface area (Å²) in [6.45, 7) is 4.70. The first-order valence-corrected chi connectivity index (χ1v) is 12.5. The molecule has 35 heavy (non-hydrogen) atoms. The number of carbonyl (C=O) groups excluding carboxylic acids is 2. The number of amides is 2. The third kappa shape index (κ3) is 7.57. The predicted molar refractivity (Wildman–Crippen MR) is 135 cm³/mol. The van der Waals surface area contributed by atoms with Crippen LogP contribution in [0.15, 0.2) is 48.5 Å². The van der Waals surface area contributed by atoms with Crippen molar-refractivity contribution in [3.63, 3.8) is 0 Å². The molecule has 0 unspecified atom stereocenters. The van der Waals surface area contributed by atoms with Crippen LogP contribution in [0.1, 0.15) is 69.4 Å². The van der Waals surface area contributed by atoms with Gasteiger partial charge < -0.3 is 20.5 Å². The third-order valence-corrected chi connectivity index (χ3v) is 6.50. The molecular weight excluding hydrogens is 444 g/mol. The number of ether oxygens (including phenoxy) is 1. The molecule has 0 spiro atoms. The normalized spacial score (nSPS) is 13.1. The van der Waals surface area contributed by atoms with Gasteiger partial charge in [0.25, 0.3) is 0 Å². The summed E-state index contributed by atoms with van der Waals surface area (Å²) >= 11 is 0. The van der Waals surface area contributed by atoms with E-state index >= 15 is 0 Å². The van der Waals surface area contributed by atoms with Crippen LogP contribution in [-0.4, -0.2) is 42.3 Å². The van der Waals surface area contributed by atoms with Crippen LogP contribution in [0.4, 0.5) is 4.79 Å². The number of unbranched alkanes of at least 4 members (excludes halogenated alkanes) is 3. The smallest absolute Gasteiger partial charge is 0.407 e. The topological polar surface area (TPSA) is 105 Å². The molecule has 0 bridgehead atoms. The van der Waals surface area contributed by atoms with Crippen molar-refractivity contribution in [2.24, 2.45) is 5.92 Å². The first-order chi connectivity index (χ1) is 16.9. The molecular formula is C28H36N2O5. The minimum Gasteiger partial charge on any atom is -0.481 e. The van der Waals surface area contributed by atoms with E-state index < -0.39 is 12.1 Å². The average Bonchev–Trinajstić information content (AvgIpc) is 3.15. The lowest BCUT2D eigenvalue weighted by Gasteiger charge is -2.22. The van der Waals surface area contributed by atoms with Crippen LogP contribution < -0.4 is 10.6 Å². The summed E-state index contributed by atoms with van der Waals surface area (Å²) in [6.07, 6.45) is 3.02. The summed E-state index contributed by atoms with van der Waals surface area (Å²) in [5, 5.41) is 14.4. The van der Waals surface area contributed by atoms with Crippen molar-refractivity contribution >= 4 is 18.0 Å². The van der Waals surface area contributed by atoms with Crippen LogP contribution in [0.3, 0.4) is 0 Å². The summed E-state index contributed by atoms with van der Waals surface area (Å²) in [5.74, 6) is -0.836. The lowest BCUT2D eigenvalue weighted by molar-refractivity contribution is -0.137. The lowest BCUT2D eigenvalue weighted by Crippen LogP contribution is -2.43. The highest BCUT2D eigenvalue weighted by Crippen LogP contribution is 2.44. The van der Waals surface area contributed by atoms with E-state index in [1.807, 2.05) is 38.1 Å². The number of carboxylic acids is 1. The number of nitrogens with one attached hydrogen (secondary N) is 2. The number of carbonyl (C=O) groups is 3. The molecule has 3 N–H and O–H groups in total. The number of fused-ring (bicyclic) bond motifs is 3. The Balaban J connectivity index is 1.44. The SMILES string of the molecule is CC(C)[C@@H](CC(=O)NCCCCCCC(=O)O)NC(=O)OCC1c2ccccc2-c2ccccc21. The Morgan fingerprint density at radius 1 is 0.914 bits per heavy atom. The second-order valence-electron chi connectivity index (χ2n) is 9.43. The Bertz CT molecular complexity index is 974. The van der Waals surface area contributed by atoms with Crippen LogP contribution >= 0.6 is 0 Å². The molecule has 7 heteroatoms. The van der Waals surface area contributed by atoms with Gasteiger partial charge in [0.2, 0.25) is 5.91 Å². The fourth-order valence-electron chi connectivity index (χ4n) is 4.50. The highest BCUT2D eigenvalue weighted by Gasteiger charge is 2.29. The van der Waals surface area contributed by atoms with E-state index in [0.717, 1.165) is 30.4 Å². The molecule has 1 aliphatic carbocycles. The van der Waals surface area contributed by atoms with Gasteiger partial charge in [-0.2, -0.15) is 0 Å². The van der Waals surface area contributed by atoms with Crippen LogP contribution in [0.25, 0.3) is 11.1 Å². The number of aliphatic carboxylic acids is 1. The maximum absolute atomic E-state index is 12.6. The van der Waals surface area contributed by atoms with Gasteiger partial charge in [-0.3, -0.25) is 9.59 Å². The molecule has 0 fully saturated rings. The second-order valence-corrected chi connectivity index (χ2v) is 9.43. The van der Waals surface area contributed by atoms with Gasteiger partial charge in [0.15, 0.2) is 0 Å². The van der Waals surface area contributed by atoms with E-state index in [-0.39, 0.29) is 43.2 Å². The van der Waals surface area contributed by atoms with Gasteiger partial charge in [-0.1, -0.05) is 75.2 Å². The second kappa shape index (κ2) is 12.9. The van der Waals surface area contributed by atoms with Crippen molar-refractivity contribution in [2.75, 3.05) is 13.2 Å². The van der Waals surface area contributed by atoms with Gasteiger partial charge in [0, 0.05) is 31.3 Å². The molecule has 0 aromatic heterocycles. The molecule has 3 rings (SSSR count). The van der Waals surface area contributed by atoms with E-state index in [1.54, 1.807) is 0 Å². The Morgan fingerprint density at radius 2 is 1.51 bits per heavy atom. The maximum Gasteiger partial charge on any atom is 0.407 e. The van der Waals surface area contributed by atoms with Crippen molar-refractivity contribution in [3.05, 3.63) is 59.7 Å². The minimum atomic E-state index is -0.776. The average molecular weight is 481 g/mol. The third-order valence-electron chi connectivity index (χ3n) is 6.50. The monoisotopic (exact) mass is 480 g/mol. The highest BCUT2D eigenvalue weighted by atomic mass is 16.5. The van der Waals surface area contributed by atoms with E-state index in [1.165, 1.54) is 11.1 Å². The zero-order valence-electron chi connectivity index (χ0n) is 20.6. The molecule has 0 aliphatic heterocycles. The predicted octanol–water partition coefficient (Wildman–Crippen LogP) is 5.09. The molecule has 1 aliphatic rings. The Hall–Kier alpha value is -3.35. The summed E-state index contributed by atoms with van der Waals surface area (Å²) < 4.78 is 5.63. The Morgan fingerprint density at radius 3 is 2.11 bits per heavy atom. The Labute approximate surface area is 207 Å². The number of alkyl carbamates (subject to hydrolysis) is 1. The van der Waals surface area contributed by atoms with E-state index in [2.05, 4.69) is 34.9 Å². The van der Waals surface area contributed by atoms with Crippen molar-refractivity contribution in [3.8, 4) is 11.1 Å².